The Balaban J connectivity index is 1.70. The van der Waals surface area contributed by atoms with Crippen LogP contribution in [0.5, 0.6) is 0 Å². The van der Waals surface area contributed by atoms with Crippen LogP contribution in [-0.2, 0) is 6.54 Å². The van der Waals surface area contributed by atoms with Crippen molar-refractivity contribution >= 4 is 11.6 Å². The van der Waals surface area contributed by atoms with E-state index < -0.39 is 0 Å². The lowest BCUT2D eigenvalue weighted by molar-refractivity contribution is 0.116. The Bertz CT molecular complexity index is 941. The molecule has 146 valence electrons. The van der Waals surface area contributed by atoms with Gasteiger partial charge in [-0.1, -0.05) is 29.8 Å². The molecule has 1 aliphatic rings. The summed E-state index contributed by atoms with van der Waals surface area (Å²) >= 11 is 6.45. The first-order valence-electron chi connectivity index (χ1n) is 9.56. The van der Waals surface area contributed by atoms with Gasteiger partial charge in [0.25, 0.3) is 0 Å². The minimum atomic E-state index is -0.272. The molecule has 4 rings (SSSR count). The highest BCUT2D eigenvalue weighted by Gasteiger charge is 2.22. The maximum atomic E-state index is 13.3. The first-order valence-corrected chi connectivity index (χ1v) is 9.94. The molecule has 0 saturated carbocycles. The molecule has 1 atom stereocenters. The minimum absolute atomic E-state index is 0.225. The molecule has 4 nitrogen and oxygen atoms in total. The average Bonchev–Trinajstić information content (AvgIpc) is 3.12. The standard InChI is InChI=1S/C22H23ClFN3O/c23-21-6-2-1-5-20(21)22-17(13-26-11-3-4-16(12-26)15-28)14-27(25-22)19-9-7-18(24)8-10-19/h1-2,5-10,14,16,28H,3-4,11-13,15H2/t16-/m1/s1. The van der Waals surface area contributed by atoms with Crippen LogP contribution in [0, 0.1) is 11.7 Å². The maximum absolute atomic E-state index is 13.3. The summed E-state index contributed by atoms with van der Waals surface area (Å²) in [6, 6.07) is 14.0. The summed E-state index contributed by atoms with van der Waals surface area (Å²) in [4.78, 5) is 2.36. The van der Waals surface area contributed by atoms with Crippen molar-refractivity contribution in [1.29, 1.82) is 0 Å². The van der Waals surface area contributed by atoms with Gasteiger partial charge in [-0.2, -0.15) is 5.10 Å². The topological polar surface area (TPSA) is 41.3 Å². The van der Waals surface area contributed by atoms with Crippen LogP contribution in [0.2, 0.25) is 5.02 Å². The lowest BCUT2D eigenvalue weighted by Gasteiger charge is -2.31. The first kappa shape index (κ1) is 19.1. The number of rotatable bonds is 5. The third-order valence-corrected chi connectivity index (χ3v) is 5.60. The van der Waals surface area contributed by atoms with E-state index >= 15 is 0 Å². The second-order valence-corrected chi connectivity index (χ2v) is 7.74. The summed E-state index contributed by atoms with van der Waals surface area (Å²) in [5, 5.41) is 15.0. The number of nitrogens with zero attached hydrogens (tertiary/aromatic N) is 3. The van der Waals surface area contributed by atoms with Gasteiger partial charge in [0.1, 0.15) is 5.82 Å². The number of aliphatic hydroxyl groups excluding tert-OH is 1. The van der Waals surface area contributed by atoms with Gasteiger partial charge in [-0.15, -0.1) is 0 Å². The van der Waals surface area contributed by atoms with Gasteiger partial charge in [0.15, 0.2) is 0 Å². The van der Waals surface area contributed by atoms with E-state index in [0.29, 0.717) is 10.9 Å². The molecule has 28 heavy (non-hydrogen) atoms. The second-order valence-electron chi connectivity index (χ2n) is 7.33. The molecule has 1 fully saturated rings. The number of hydrogen-bond acceptors (Lipinski definition) is 3. The molecule has 1 aliphatic heterocycles. The maximum Gasteiger partial charge on any atom is 0.123 e. The molecule has 1 aromatic heterocycles. The monoisotopic (exact) mass is 399 g/mol. The summed E-state index contributed by atoms with van der Waals surface area (Å²) in [5.74, 6) is 0.0514. The molecule has 2 aromatic carbocycles. The van der Waals surface area contributed by atoms with Crippen molar-refractivity contribution in [3.05, 3.63) is 71.1 Å². The molecule has 1 N–H and O–H groups in total. The van der Waals surface area contributed by atoms with Gasteiger partial charge in [-0.05, 0) is 55.6 Å². The van der Waals surface area contributed by atoms with Crippen LogP contribution in [-0.4, -0.2) is 39.5 Å². The molecule has 0 spiro atoms. The van der Waals surface area contributed by atoms with Gasteiger partial charge >= 0.3 is 0 Å². The highest BCUT2D eigenvalue weighted by atomic mass is 35.5. The Hall–Kier alpha value is -2.21. The van der Waals surface area contributed by atoms with E-state index in [1.807, 2.05) is 30.5 Å². The highest BCUT2D eigenvalue weighted by molar-refractivity contribution is 6.33. The van der Waals surface area contributed by atoms with Crippen LogP contribution >= 0.6 is 11.6 Å². The lowest BCUT2D eigenvalue weighted by atomic mass is 9.98. The van der Waals surface area contributed by atoms with Crippen molar-refractivity contribution in [2.24, 2.45) is 5.92 Å². The molecule has 0 aliphatic carbocycles. The predicted molar refractivity (Wildman–Crippen MR) is 109 cm³/mol. The normalized spacial score (nSPS) is 17.8. The summed E-state index contributed by atoms with van der Waals surface area (Å²) in [6.07, 6.45) is 4.15. The average molecular weight is 400 g/mol. The number of aromatic nitrogens is 2. The molecule has 1 saturated heterocycles. The second kappa shape index (κ2) is 8.43. The Kier molecular flexibility index (Phi) is 5.76. The molecule has 0 amide bonds. The molecule has 0 unspecified atom stereocenters. The quantitative estimate of drug-likeness (QED) is 0.685. The van der Waals surface area contributed by atoms with E-state index in [1.165, 1.54) is 12.1 Å². The largest absolute Gasteiger partial charge is 0.396 e. The van der Waals surface area contributed by atoms with Crippen LogP contribution in [0.1, 0.15) is 18.4 Å². The zero-order chi connectivity index (χ0) is 19.5. The van der Waals surface area contributed by atoms with E-state index in [4.69, 9.17) is 16.7 Å². The van der Waals surface area contributed by atoms with Gasteiger partial charge in [0, 0.05) is 37.0 Å². The molecular weight excluding hydrogens is 377 g/mol. The fourth-order valence-electron chi connectivity index (χ4n) is 3.82. The number of aliphatic hydroxyl groups is 1. The van der Waals surface area contributed by atoms with Crippen LogP contribution in [0.25, 0.3) is 16.9 Å². The van der Waals surface area contributed by atoms with Gasteiger partial charge in [0.2, 0.25) is 0 Å². The Morgan fingerprint density at radius 1 is 1.14 bits per heavy atom. The van der Waals surface area contributed by atoms with E-state index in [2.05, 4.69) is 4.90 Å². The van der Waals surface area contributed by atoms with Crippen molar-refractivity contribution in [1.82, 2.24) is 14.7 Å². The molecule has 6 heteroatoms. The zero-order valence-corrected chi connectivity index (χ0v) is 16.3. The molecule has 2 heterocycles. The SMILES string of the molecule is OC[C@@H]1CCCN(Cc2cn(-c3ccc(F)cc3)nc2-c2ccccc2Cl)C1. The van der Waals surface area contributed by atoms with Crippen LogP contribution in [0.15, 0.2) is 54.7 Å². The van der Waals surface area contributed by atoms with Crippen LogP contribution in [0.3, 0.4) is 0 Å². The van der Waals surface area contributed by atoms with Crippen molar-refractivity contribution in [3.63, 3.8) is 0 Å². The fourth-order valence-corrected chi connectivity index (χ4v) is 4.04. The number of benzene rings is 2. The van der Waals surface area contributed by atoms with Gasteiger partial charge in [-0.25, -0.2) is 9.07 Å². The van der Waals surface area contributed by atoms with Crippen LogP contribution in [0.4, 0.5) is 4.39 Å². The van der Waals surface area contributed by atoms with E-state index in [1.54, 1.807) is 16.8 Å². The third kappa shape index (κ3) is 4.12. The van der Waals surface area contributed by atoms with E-state index in [0.717, 1.165) is 55.0 Å². The summed E-state index contributed by atoms with van der Waals surface area (Å²) in [6.45, 7) is 2.83. The van der Waals surface area contributed by atoms with E-state index in [-0.39, 0.29) is 12.4 Å². The van der Waals surface area contributed by atoms with Crippen molar-refractivity contribution in [2.45, 2.75) is 19.4 Å². The Labute approximate surface area is 169 Å². The number of likely N-dealkylation sites (tertiary alicyclic amines) is 1. The Morgan fingerprint density at radius 2 is 1.93 bits per heavy atom. The zero-order valence-electron chi connectivity index (χ0n) is 15.6. The summed E-state index contributed by atoms with van der Waals surface area (Å²) < 4.78 is 15.1. The predicted octanol–water partition coefficient (Wildman–Crippen LogP) is 4.54. The van der Waals surface area contributed by atoms with Crippen molar-refractivity contribution in [2.75, 3.05) is 19.7 Å². The molecular formula is C22H23ClFN3O. The first-order chi connectivity index (χ1) is 13.6. The molecule has 3 aromatic rings. The number of piperidine rings is 1. The lowest BCUT2D eigenvalue weighted by Crippen LogP contribution is -2.36. The third-order valence-electron chi connectivity index (χ3n) is 5.27. The number of halogens is 2. The Morgan fingerprint density at radius 3 is 2.68 bits per heavy atom. The number of hydrogen-bond donors (Lipinski definition) is 1. The smallest absolute Gasteiger partial charge is 0.123 e. The molecule has 0 radical (unpaired) electrons. The summed E-state index contributed by atoms with van der Waals surface area (Å²) in [5.41, 5.74) is 3.58. The minimum Gasteiger partial charge on any atom is -0.396 e. The fraction of sp³-hybridized carbons (Fsp3) is 0.318. The van der Waals surface area contributed by atoms with Gasteiger partial charge in [0.05, 0.1) is 16.4 Å². The summed E-state index contributed by atoms with van der Waals surface area (Å²) in [7, 11) is 0. The highest BCUT2D eigenvalue weighted by Crippen LogP contribution is 2.31. The van der Waals surface area contributed by atoms with Gasteiger partial charge in [-0.3, -0.25) is 4.90 Å². The van der Waals surface area contributed by atoms with Crippen molar-refractivity contribution in [3.8, 4) is 16.9 Å². The van der Waals surface area contributed by atoms with Crippen molar-refractivity contribution < 1.29 is 9.50 Å². The van der Waals surface area contributed by atoms with Crippen LogP contribution < -0.4 is 0 Å². The van der Waals surface area contributed by atoms with Gasteiger partial charge < -0.3 is 5.11 Å². The molecule has 0 bridgehead atoms. The van der Waals surface area contributed by atoms with E-state index in [9.17, 15) is 9.50 Å².